The second kappa shape index (κ2) is 7.69. The van der Waals surface area contributed by atoms with Crippen LogP contribution in [-0.4, -0.2) is 28.8 Å². The Hall–Kier alpha value is -2.73. The zero-order chi connectivity index (χ0) is 22.5. The molecule has 1 aliphatic carbocycles. The van der Waals surface area contributed by atoms with Gasteiger partial charge in [-0.3, -0.25) is 9.69 Å². The highest BCUT2D eigenvalue weighted by Crippen LogP contribution is 2.60. The van der Waals surface area contributed by atoms with Crippen LogP contribution in [0, 0.1) is 19.3 Å². The Bertz CT molecular complexity index is 1140. The van der Waals surface area contributed by atoms with Crippen LogP contribution >= 0.6 is 0 Å². The highest BCUT2D eigenvalue weighted by Gasteiger charge is 2.58. The van der Waals surface area contributed by atoms with Crippen molar-refractivity contribution < 1.29 is 18.3 Å². The molecule has 0 unspecified atom stereocenters. The molecule has 1 atom stereocenters. The number of fused-ring (bicyclic) bond motifs is 1. The summed E-state index contributed by atoms with van der Waals surface area (Å²) >= 11 is 0. The number of nitrogens with one attached hydrogen (secondary N) is 1. The summed E-state index contributed by atoms with van der Waals surface area (Å²) in [5, 5.41) is 1.23. The standard InChI is InChI=1S/C26H28F2N2O2/c1-17-11-18(2)24-21(7-9-29-24)22(17)13-30-10-8-25(14-26(27,28)15-25)12-23(30)19-3-5-20(6-4-19)32-16-31/h3-7,9,11,16,23,29H,8,10,12-15H2,1-2H3/t23-/m0/s1. The number of hydrogen-bond donors (Lipinski definition) is 1. The smallest absolute Gasteiger partial charge is 0.298 e. The number of H-pyrrole nitrogens is 1. The zero-order valence-electron chi connectivity index (χ0n) is 18.5. The number of nitrogens with zero attached hydrogens (tertiary/aromatic N) is 1. The van der Waals surface area contributed by atoms with Gasteiger partial charge in [0.15, 0.2) is 0 Å². The predicted octanol–water partition coefficient (Wildman–Crippen LogP) is 6.07. The van der Waals surface area contributed by atoms with E-state index in [9.17, 15) is 13.6 Å². The molecule has 4 nitrogen and oxygen atoms in total. The Morgan fingerprint density at radius 3 is 2.59 bits per heavy atom. The number of aromatic nitrogens is 1. The van der Waals surface area contributed by atoms with Crippen molar-refractivity contribution >= 4 is 17.4 Å². The summed E-state index contributed by atoms with van der Waals surface area (Å²) in [6.07, 6.45) is 3.47. The first-order chi connectivity index (χ1) is 15.3. The lowest BCUT2D eigenvalue weighted by molar-refractivity contribution is -0.186. The van der Waals surface area contributed by atoms with E-state index in [1.54, 1.807) is 12.1 Å². The first-order valence-electron chi connectivity index (χ1n) is 11.2. The molecular formula is C26H28F2N2O2. The molecule has 6 heteroatoms. The summed E-state index contributed by atoms with van der Waals surface area (Å²) in [7, 11) is 0. The second-order valence-electron chi connectivity index (χ2n) is 9.69. The fourth-order valence-corrected chi connectivity index (χ4v) is 5.94. The number of alkyl halides is 2. The molecule has 2 heterocycles. The molecule has 1 spiro atoms. The fraction of sp³-hybridized carbons (Fsp3) is 0.423. The maximum Gasteiger partial charge on any atom is 0.298 e. The Morgan fingerprint density at radius 1 is 1.16 bits per heavy atom. The van der Waals surface area contributed by atoms with Crippen molar-refractivity contribution in [2.75, 3.05) is 6.54 Å². The first kappa shape index (κ1) is 21.1. The minimum absolute atomic E-state index is 0.0116. The van der Waals surface area contributed by atoms with E-state index in [4.69, 9.17) is 4.74 Å². The van der Waals surface area contributed by atoms with Gasteiger partial charge in [0.05, 0.1) is 0 Å². The highest BCUT2D eigenvalue weighted by atomic mass is 19.3. The maximum absolute atomic E-state index is 13.8. The van der Waals surface area contributed by atoms with Gasteiger partial charge >= 0.3 is 0 Å². The topological polar surface area (TPSA) is 45.3 Å². The lowest BCUT2D eigenvalue weighted by Gasteiger charge is -2.54. The molecule has 0 radical (unpaired) electrons. The quantitative estimate of drug-likeness (QED) is 0.492. The molecule has 2 fully saturated rings. The summed E-state index contributed by atoms with van der Waals surface area (Å²) in [6, 6.07) is 11.9. The van der Waals surface area contributed by atoms with E-state index in [1.807, 2.05) is 18.3 Å². The van der Waals surface area contributed by atoms with Crippen molar-refractivity contribution in [1.82, 2.24) is 9.88 Å². The number of piperidine rings is 1. The predicted molar refractivity (Wildman–Crippen MR) is 120 cm³/mol. The van der Waals surface area contributed by atoms with Crippen LogP contribution in [0.4, 0.5) is 8.78 Å². The number of likely N-dealkylation sites (tertiary alicyclic amines) is 1. The molecule has 1 aromatic heterocycles. The third-order valence-electron chi connectivity index (χ3n) is 7.45. The molecule has 1 saturated heterocycles. The molecular weight excluding hydrogens is 410 g/mol. The van der Waals surface area contributed by atoms with Gasteiger partial charge in [0, 0.05) is 42.5 Å². The van der Waals surface area contributed by atoms with Crippen molar-refractivity contribution in [3.63, 3.8) is 0 Å². The molecule has 2 aliphatic rings. The molecule has 32 heavy (non-hydrogen) atoms. The van der Waals surface area contributed by atoms with Crippen LogP contribution < -0.4 is 4.74 Å². The van der Waals surface area contributed by atoms with E-state index >= 15 is 0 Å². The number of carbonyl (C=O) groups is 1. The number of benzene rings is 2. The van der Waals surface area contributed by atoms with Crippen LogP contribution in [0.5, 0.6) is 5.75 Å². The van der Waals surface area contributed by atoms with E-state index in [-0.39, 0.29) is 24.3 Å². The normalized spacial score (nSPS) is 22.1. The zero-order valence-corrected chi connectivity index (χ0v) is 18.5. The van der Waals surface area contributed by atoms with E-state index < -0.39 is 5.92 Å². The van der Waals surface area contributed by atoms with Gasteiger partial charge in [-0.05, 0) is 79.1 Å². The lowest BCUT2D eigenvalue weighted by Crippen LogP contribution is -2.53. The van der Waals surface area contributed by atoms with Crippen LogP contribution in [0.15, 0.2) is 42.6 Å². The van der Waals surface area contributed by atoms with Crippen molar-refractivity contribution in [1.29, 1.82) is 0 Å². The van der Waals surface area contributed by atoms with Gasteiger partial charge in [-0.2, -0.15) is 0 Å². The highest BCUT2D eigenvalue weighted by molar-refractivity contribution is 5.87. The Kier molecular flexibility index (Phi) is 5.08. The number of ether oxygens (including phenoxy) is 1. The molecule has 5 rings (SSSR count). The van der Waals surface area contributed by atoms with Gasteiger partial charge in [0.1, 0.15) is 5.75 Å². The monoisotopic (exact) mass is 438 g/mol. The molecule has 1 aliphatic heterocycles. The van der Waals surface area contributed by atoms with Crippen molar-refractivity contribution in [2.24, 2.45) is 5.41 Å². The molecule has 2 aromatic carbocycles. The number of rotatable bonds is 5. The van der Waals surface area contributed by atoms with Gasteiger partial charge in [-0.1, -0.05) is 18.2 Å². The molecule has 168 valence electrons. The summed E-state index contributed by atoms with van der Waals surface area (Å²) in [4.78, 5) is 16.4. The largest absolute Gasteiger partial charge is 0.429 e. The van der Waals surface area contributed by atoms with Gasteiger partial charge in [0.2, 0.25) is 5.92 Å². The Labute approximate surface area is 186 Å². The van der Waals surface area contributed by atoms with Crippen LogP contribution in [0.3, 0.4) is 0 Å². The molecule has 0 amide bonds. The molecule has 1 N–H and O–H groups in total. The maximum atomic E-state index is 13.8. The van der Waals surface area contributed by atoms with Gasteiger partial charge < -0.3 is 9.72 Å². The minimum atomic E-state index is -2.53. The third-order valence-corrected chi connectivity index (χ3v) is 7.45. The van der Waals surface area contributed by atoms with Crippen LogP contribution in [-0.2, 0) is 11.3 Å². The van der Waals surface area contributed by atoms with E-state index in [0.29, 0.717) is 12.2 Å². The number of carbonyl (C=O) groups excluding carboxylic acids is 1. The summed E-state index contributed by atoms with van der Waals surface area (Å²) in [5.74, 6) is -2.04. The van der Waals surface area contributed by atoms with Gasteiger partial charge in [-0.25, -0.2) is 8.78 Å². The third kappa shape index (κ3) is 3.71. The van der Waals surface area contributed by atoms with E-state index in [0.717, 1.165) is 37.0 Å². The summed E-state index contributed by atoms with van der Waals surface area (Å²) < 4.78 is 32.6. The van der Waals surface area contributed by atoms with E-state index in [2.05, 4.69) is 35.9 Å². The van der Waals surface area contributed by atoms with Crippen LogP contribution in [0.1, 0.15) is 54.0 Å². The van der Waals surface area contributed by atoms with Gasteiger partial charge in [0.25, 0.3) is 6.47 Å². The number of aromatic amines is 1. The Morgan fingerprint density at radius 2 is 1.91 bits per heavy atom. The van der Waals surface area contributed by atoms with Crippen molar-refractivity contribution in [2.45, 2.75) is 58.0 Å². The number of hydrogen-bond acceptors (Lipinski definition) is 3. The molecule has 1 saturated carbocycles. The molecule has 0 bridgehead atoms. The first-order valence-corrected chi connectivity index (χ1v) is 11.2. The number of halogens is 2. The fourth-order valence-electron chi connectivity index (χ4n) is 5.94. The van der Waals surface area contributed by atoms with E-state index in [1.165, 1.54) is 22.1 Å². The minimum Gasteiger partial charge on any atom is -0.429 e. The number of aryl methyl sites for hydroxylation is 2. The lowest BCUT2D eigenvalue weighted by atomic mass is 9.59. The second-order valence-corrected chi connectivity index (χ2v) is 9.69. The average molecular weight is 439 g/mol. The SMILES string of the molecule is Cc1cc(C)c2[nH]ccc2c1CN1CCC2(C[C@H]1c1ccc(OC=O)cc1)CC(F)(F)C2. The summed E-state index contributed by atoms with van der Waals surface area (Å²) in [6.45, 7) is 6.22. The van der Waals surface area contributed by atoms with Crippen LogP contribution in [0.25, 0.3) is 10.9 Å². The van der Waals surface area contributed by atoms with Crippen LogP contribution in [0.2, 0.25) is 0 Å². The average Bonchev–Trinajstić information content (AvgIpc) is 3.22. The van der Waals surface area contributed by atoms with Gasteiger partial charge in [-0.15, -0.1) is 0 Å². The van der Waals surface area contributed by atoms with Crippen molar-refractivity contribution in [3.05, 3.63) is 64.8 Å². The van der Waals surface area contributed by atoms with Crippen molar-refractivity contribution in [3.8, 4) is 5.75 Å². The summed E-state index contributed by atoms with van der Waals surface area (Å²) in [5.41, 5.74) is 5.71. The molecule has 3 aromatic rings. The Balaban J connectivity index is 1.48.